The quantitative estimate of drug-likeness (QED) is 0.660. The summed E-state index contributed by atoms with van der Waals surface area (Å²) in [7, 11) is 0. The molecule has 0 aromatic heterocycles. The summed E-state index contributed by atoms with van der Waals surface area (Å²) in [5, 5.41) is 2.22. The number of rotatable bonds is 4. The fraction of sp³-hybridized carbons (Fsp3) is 0.231. The number of hydrogen-bond acceptors (Lipinski definition) is 2. The molecule has 1 aromatic rings. The van der Waals surface area contributed by atoms with Gasteiger partial charge in [0.25, 0.3) is 17.9 Å². The van der Waals surface area contributed by atoms with Crippen LogP contribution >= 0.6 is 0 Å². The van der Waals surface area contributed by atoms with E-state index in [0.717, 1.165) is 11.6 Å². The Morgan fingerprint density at radius 2 is 2.00 bits per heavy atom. The SMILES string of the molecule is O=C1NC(=O)c2c(CCCC=C(F)F)cccc21. The number of unbranched alkanes of at least 4 members (excludes halogenated alkanes) is 1. The van der Waals surface area contributed by atoms with Gasteiger partial charge in [0.2, 0.25) is 0 Å². The monoisotopic (exact) mass is 251 g/mol. The van der Waals surface area contributed by atoms with Gasteiger partial charge in [-0.05, 0) is 37.0 Å². The normalized spacial score (nSPS) is 13.2. The van der Waals surface area contributed by atoms with Crippen molar-refractivity contribution in [3.8, 4) is 0 Å². The molecule has 2 amide bonds. The van der Waals surface area contributed by atoms with Crippen LogP contribution in [0.15, 0.2) is 30.4 Å². The molecule has 0 bridgehead atoms. The highest BCUT2D eigenvalue weighted by Gasteiger charge is 2.28. The van der Waals surface area contributed by atoms with E-state index in [1.807, 2.05) is 0 Å². The molecule has 5 heteroatoms. The van der Waals surface area contributed by atoms with Crippen LogP contribution in [0.5, 0.6) is 0 Å². The number of hydrogen-bond donors (Lipinski definition) is 1. The molecule has 0 fully saturated rings. The first-order valence-electron chi connectivity index (χ1n) is 5.58. The van der Waals surface area contributed by atoms with Gasteiger partial charge in [-0.15, -0.1) is 0 Å². The lowest BCUT2D eigenvalue weighted by Crippen LogP contribution is -2.20. The second-order valence-electron chi connectivity index (χ2n) is 4.01. The summed E-state index contributed by atoms with van der Waals surface area (Å²) in [5.74, 6) is -0.802. The van der Waals surface area contributed by atoms with E-state index in [1.54, 1.807) is 18.2 Å². The maximum Gasteiger partial charge on any atom is 0.266 e. The topological polar surface area (TPSA) is 46.2 Å². The van der Waals surface area contributed by atoms with Crippen LogP contribution in [0, 0.1) is 0 Å². The number of carbonyl (C=O) groups excluding carboxylic acids is 2. The first-order valence-corrected chi connectivity index (χ1v) is 5.58. The lowest BCUT2D eigenvalue weighted by atomic mass is 9.98. The fourth-order valence-corrected chi connectivity index (χ4v) is 2.00. The molecule has 1 aliphatic rings. The Labute approximate surface area is 102 Å². The summed E-state index contributed by atoms with van der Waals surface area (Å²) in [4.78, 5) is 23.0. The van der Waals surface area contributed by atoms with Gasteiger partial charge in [-0.25, -0.2) is 0 Å². The summed E-state index contributed by atoms with van der Waals surface area (Å²) in [6, 6.07) is 5.02. The van der Waals surface area contributed by atoms with Crippen molar-refractivity contribution >= 4 is 11.8 Å². The third kappa shape index (κ3) is 2.45. The van der Waals surface area contributed by atoms with Gasteiger partial charge in [-0.3, -0.25) is 14.9 Å². The molecule has 1 heterocycles. The number of halogens is 2. The highest BCUT2D eigenvalue weighted by atomic mass is 19.3. The number of carbonyl (C=O) groups is 2. The lowest BCUT2D eigenvalue weighted by molar-refractivity contribution is 0.0879. The standard InChI is InChI=1S/C13H11F2NO2/c14-10(15)7-2-1-4-8-5-3-6-9-11(8)13(18)16-12(9)17/h3,5-7H,1-2,4H2,(H,16,17,18). The van der Waals surface area contributed by atoms with Crippen molar-refractivity contribution < 1.29 is 18.4 Å². The highest BCUT2D eigenvalue weighted by molar-refractivity contribution is 6.22. The van der Waals surface area contributed by atoms with Gasteiger partial charge in [0.1, 0.15) is 0 Å². The van der Waals surface area contributed by atoms with Crippen LogP contribution < -0.4 is 5.32 Å². The zero-order chi connectivity index (χ0) is 13.1. The number of imide groups is 1. The molecule has 0 unspecified atom stereocenters. The van der Waals surface area contributed by atoms with Crippen LogP contribution in [0.1, 0.15) is 39.1 Å². The van der Waals surface area contributed by atoms with E-state index in [9.17, 15) is 18.4 Å². The number of allylic oxidation sites excluding steroid dienone is 1. The van der Waals surface area contributed by atoms with Gasteiger partial charge in [-0.2, -0.15) is 8.78 Å². The van der Waals surface area contributed by atoms with Crippen molar-refractivity contribution in [3.63, 3.8) is 0 Å². The molecule has 0 aliphatic carbocycles. The minimum atomic E-state index is -1.69. The van der Waals surface area contributed by atoms with Crippen molar-refractivity contribution in [2.75, 3.05) is 0 Å². The van der Waals surface area contributed by atoms with Crippen molar-refractivity contribution in [1.82, 2.24) is 5.32 Å². The molecule has 0 atom stereocenters. The summed E-state index contributed by atoms with van der Waals surface area (Å²) in [6.45, 7) is 0. The zero-order valence-corrected chi connectivity index (χ0v) is 9.50. The molecular formula is C13H11F2NO2. The van der Waals surface area contributed by atoms with Crippen LogP contribution in [-0.4, -0.2) is 11.8 Å². The first kappa shape index (κ1) is 12.4. The molecule has 2 rings (SSSR count). The summed E-state index contributed by atoms with van der Waals surface area (Å²) < 4.78 is 23.7. The number of amides is 2. The van der Waals surface area contributed by atoms with Crippen molar-refractivity contribution in [3.05, 3.63) is 47.0 Å². The Bertz CT molecular complexity index is 534. The van der Waals surface area contributed by atoms with Crippen LogP contribution in [-0.2, 0) is 6.42 Å². The third-order valence-electron chi connectivity index (χ3n) is 2.80. The van der Waals surface area contributed by atoms with Gasteiger partial charge in [0.15, 0.2) is 0 Å². The van der Waals surface area contributed by atoms with Crippen LogP contribution in [0.4, 0.5) is 8.78 Å². The Hall–Kier alpha value is -2.04. The maximum atomic E-state index is 11.8. The van der Waals surface area contributed by atoms with Crippen molar-refractivity contribution in [2.24, 2.45) is 0 Å². The molecule has 94 valence electrons. The second kappa shape index (κ2) is 5.08. The molecule has 1 N–H and O–H groups in total. The average molecular weight is 251 g/mol. The molecule has 0 saturated heterocycles. The molecule has 1 aliphatic heterocycles. The molecule has 18 heavy (non-hydrogen) atoms. The molecular weight excluding hydrogens is 240 g/mol. The molecule has 0 saturated carbocycles. The zero-order valence-electron chi connectivity index (χ0n) is 9.50. The van der Waals surface area contributed by atoms with Crippen molar-refractivity contribution in [2.45, 2.75) is 19.3 Å². The summed E-state index contributed by atoms with van der Waals surface area (Å²) in [5.41, 5.74) is 1.47. The lowest BCUT2D eigenvalue weighted by Gasteiger charge is -2.04. The Morgan fingerprint density at radius 1 is 1.22 bits per heavy atom. The van der Waals surface area contributed by atoms with E-state index in [-0.39, 0.29) is 6.42 Å². The molecule has 1 aromatic carbocycles. The number of nitrogens with one attached hydrogen (secondary N) is 1. The number of aryl methyl sites for hydroxylation is 1. The van der Waals surface area contributed by atoms with E-state index in [2.05, 4.69) is 5.32 Å². The molecule has 3 nitrogen and oxygen atoms in total. The Kier molecular flexibility index (Phi) is 3.50. The Morgan fingerprint density at radius 3 is 2.72 bits per heavy atom. The summed E-state index contributed by atoms with van der Waals surface area (Å²) in [6.07, 6.45) is 0.417. The first-order chi connectivity index (χ1) is 8.59. The van der Waals surface area contributed by atoms with E-state index in [0.29, 0.717) is 24.0 Å². The van der Waals surface area contributed by atoms with Crippen LogP contribution in [0.2, 0.25) is 0 Å². The number of benzene rings is 1. The minimum absolute atomic E-state index is 0.252. The van der Waals surface area contributed by atoms with E-state index in [4.69, 9.17) is 0 Å². The Balaban J connectivity index is 2.13. The fourth-order valence-electron chi connectivity index (χ4n) is 2.00. The van der Waals surface area contributed by atoms with Crippen LogP contribution in [0.3, 0.4) is 0 Å². The summed E-state index contributed by atoms with van der Waals surface area (Å²) >= 11 is 0. The molecule has 0 radical (unpaired) electrons. The van der Waals surface area contributed by atoms with Gasteiger partial charge in [0, 0.05) is 0 Å². The van der Waals surface area contributed by atoms with E-state index in [1.165, 1.54) is 0 Å². The third-order valence-corrected chi connectivity index (χ3v) is 2.80. The van der Waals surface area contributed by atoms with Gasteiger partial charge in [-0.1, -0.05) is 12.1 Å². The largest absolute Gasteiger partial charge is 0.288 e. The highest BCUT2D eigenvalue weighted by Crippen LogP contribution is 2.21. The van der Waals surface area contributed by atoms with E-state index >= 15 is 0 Å². The van der Waals surface area contributed by atoms with Gasteiger partial charge in [0.05, 0.1) is 11.1 Å². The van der Waals surface area contributed by atoms with Gasteiger partial charge >= 0.3 is 0 Å². The van der Waals surface area contributed by atoms with Crippen LogP contribution in [0.25, 0.3) is 0 Å². The maximum absolute atomic E-state index is 11.8. The second-order valence-corrected chi connectivity index (χ2v) is 4.01. The minimum Gasteiger partial charge on any atom is -0.288 e. The predicted octanol–water partition coefficient (Wildman–Crippen LogP) is 2.67. The smallest absolute Gasteiger partial charge is 0.266 e. The van der Waals surface area contributed by atoms with Crippen molar-refractivity contribution in [1.29, 1.82) is 0 Å². The number of fused-ring (bicyclic) bond motifs is 1. The average Bonchev–Trinajstić information content (AvgIpc) is 2.61. The molecule has 0 spiro atoms. The van der Waals surface area contributed by atoms with Gasteiger partial charge < -0.3 is 0 Å². The predicted molar refractivity (Wildman–Crippen MR) is 61.5 cm³/mol. The van der Waals surface area contributed by atoms with E-state index < -0.39 is 17.9 Å².